The van der Waals surface area contributed by atoms with Crippen LogP contribution in [0, 0.1) is 0 Å². The van der Waals surface area contributed by atoms with E-state index in [2.05, 4.69) is 20.2 Å². The van der Waals surface area contributed by atoms with Crippen molar-refractivity contribution in [1.29, 1.82) is 0 Å². The summed E-state index contributed by atoms with van der Waals surface area (Å²) < 4.78 is 0. The van der Waals surface area contributed by atoms with Gasteiger partial charge < -0.3 is 0 Å². The predicted molar refractivity (Wildman–Crippen MR) is 51.6 cm³/mol. The molecular formula is C10H10N4. The summed E-state index contributed by atoms with van der Waals surface area (Å²) in [5.41, 5.74) is 0.968. The maximum absolute atomic E-state index is 4.44. The van der Waals surface area contributed by atoms with Gasteiger partial charge in [-0.1, -0.05) is 0 Å². The van der Waals surface area contributed by atoms with E-state index in [0.29, 0.717) is 5.92 Å². The van der Waals surface area contributed by atoms with Gasteiger partial charge in [0.1, 0.15) is 5.82 Å². The molecule has 1 aliphatic rings. The van der Waals surface area contributed by atoms with E-state index in [4.69, 9.17) is 0 Å². The second kappa shape index (κ2) is 2.90. The summed E-state index contributed by atoms with van der Waals surface area (Å²) in [6.07, 6.45) is 6.00. The minimum absolute atomic E-state index is 0.618. The fraction of sp³-hybridized carbons (Fsp3) is 0.300. The molecule has 70 valence electrons. The molecule has 0 unspecified atom stereocenters. The van der Waals surface area contributed by atoms with Crippen LogP contribution in [0.5, 0.6) is 0 Å². The van der Waals surface area contributed by atoms with Crippen molar-refractivity contribution in [3.63, 3.8) is 0 Å². The third-order valence-electron chi connectivity index (χ3n) is 2.39. The fourth-order valence-electron chi connectivity index (χ4n) is 1.44. The summed E-state index contributed by atoms with van der Waals surface area (Å²) in [5, 5.41) is 7.15. The van der Waals surface area contributed by atoms with Crippen LogP contribution in [-0.4, -0.2) is 20.2 Å². The highest BCUT2D eigenvalue weighted by atomic mass is 15.2. The van der Waals surface area contributed by atoms with Crippen LogP contribution >= 0.6 is 0 Å². The molecule has 2 heterocycles. The molecule has 0 radical (unpaired) electrons. The molecule has 0 atom stereocenters. The Kier molecular flexibility index (Phi) is 1.59. The van der Waals surface area contributed by atoms with Crippen LogP contribution in [0.3, 0.4) is 0 Å². The van der Waals surface area contributed by atoms with Crippen LogP contribution in [-0.2, 0) is 0 Å². The number of pyridine rings is 1. The lowest BCUT2D eigenvalue weighted by molar-refractivity contribution is 0.935. The zero-order valence-corrected chi connectivity index (χ0v) is 7.64. The Hall–Kier alpha value is -1.71. The number of aromatic amines is 1. The van der Waals surface area contributed by atoms with Gasteiger partial charge in [0.15, 0.2) is 5.82 Å². The minimum Gasteiger partial charge on any atom is -0.264 e. The van der Waals surface area contributed by atoms with Crippen LogP contribution in [0.1, 0.15) is 24.6 Å². The van der Waals surface area contributed by atoms with Crippen molar-refractivity contribution in [3.8, 4) is 11.4 Å². The van der Waals surface area contributed by atoms with Crippen LogP contribution in [0.2, 0.25) is 0 Å². The third kappa shape index (κ3) is 1.28. The largest absolute Gasteiger partial charge is 0.264 e. The summed E-state index contributed by atoms with van der Waals surface area (Å²) in [5.74, 6) is 2.39. The van der Waals surface area contributed by atoms with Gasteiger partial charge in [-0.3, -0.25) is 10.1 Å². The van der Waals surface area contributed by atoms with Gasteiger partial charge in [0, 0.05) is 23.9 Å². The zero-order valence-electron chi connectivity index (χ0n) is 7.64. The van der Waals surface area contributed by atoms with Crippen molar-refractivity contribution in [2.45, 2.75) is 18.8 Å². The van der Waals surface area contributed by atoms with E-state index in [1.165, 1.54) is 12.8 Å². The molecule has 1 N–H and O–H groups in total. The molecule has 4 nitrogen and oxygen atoms in total. The monoisotopic (exact) mass is 186 g/mol. The SMILES string of the molecule is c1cncc(-c2n[nH]c(C3CC3)n2)c1. The summed E-state index contributed by atoms with van der Waals surface area (Å²) in [7, 11) is 0. The van der Waals surface area contributed by atoms with E-state index in [9.17, 15) is 0 Å². The molecule has 0 bridgehead atoms. The molecule has 0 amide bonds. The van der Waals surface area contributed by atoms with E-state index >= 15 is 0 Å². The average Bonchev–Trinajstić information content (AvgIpc) is 2.98. The second-order valence-electron chi connectivity index (χ2n) is 3.56. The summed E-state index contributed by atoms with van der Waals surface area (Å²) in [4.78, 5) is 8.47. The highest BCUT2D eigenvalue weighted by molar-refractivity contribution is 5.52. The Bertz CT molecular complexity index is 430. The van der Waals surface area contributed by atoms with Gasteiger partial charge in [-0.15, -0.1) is 0 Å². The number of hydrogen-bond donors (Lipinski definition) is 1. The lowest BCUT2D eigenvalue weighted by Gasteiger charge is -1.90. The number of hydrogen-bond acceptors (Lipinski definition) is 3. The number of aromatic nitrogens is 4. The smallest absolute Gasteiger partial charge is 0.182 e. The quantitative estimate of drug-likeness (QED) is 0.777. The van der Waals surface area contributed by atoms with Crippen molar-refractivity contribution in [2.75, 3.05) is 0 Å². The van der Waals surface area contributed by atoms with Crippen molar-refractivity contribution in [1.82, 2.24) is 20.2 Å². The normalized spacial score (nSPS) is 15.7. The van der Waals surface area contributed by atoms with Gasteiger partial charge in [0.05, 0.1) is 0 Å². The first-order valence-electron chi connectivity index (χ1n) is 4.76. The standard InChI is InChI=1S/C10H10N4/c1-2-8(6-11-5-1)10-12-9(13-14-10)7-3-4-7/h1-2,5-7H,3-4H2,(H,12,13,14). The Morgan fingerprint density at radius 2 is 2.29 bits per heavy atom. The molecule has 2 aromatic rings. The Morgan fingerprint density at radius 3 is 3.00 bits per heavy atom. The molecule has 0 aromatic carbocycles. The number of nitrogens with one attached hydrogen (secondary N) is 1. The van der Waals surface area contributed by atoms with Gasteiger partial charge in [-0.25, -0.2) is 4.98 Å². The van der Waals surface area contributed by atoms with Gasteiger partial charge >= 0.3 is 0 Å². The van der Waals surface area contributed by atoms with Gasteiger partial charge in [0.25, 0.3) is 0 Å². The molecular weight excluding hydrogens is 176 g/mol. The van der Waals surface area contributed by atoms with Crippen molar-refractivity contribution >= 4 is 0 Å². The molecule has 0 saturated heterocycles. The molecule has 3 rings (SSSR count). The van der Waals surface area contributed by atoms with Crippen LogP contribution in [0.15, 0.2) is 24.5 Å². The molecule has 1 saturated carbocycles. The summed E-state index contributed by atoms with van der Waals surface area (Å²) in [6, 6.07) is 3.86. The molecule has 0 spiro atoms. The first-order valence-corrected chi connectivity index (χ1v) is 4.76. The van der Waals surface area contributed by atoms with E-state index in [1.54, 1.807) is 12.4 Å². The molecule has 14 heavy (non-hydrogen) atoms. The highest BCUT2D eigenvalue weighted by Gasteiger charge is 2.27. The Balaban J connectivity index is 1.96. The van der Waals surface area contributed by atoms with Crippen LogP contribution in [0.25, 0.3) is 11.4 Å². The predicted octanol–water partition coefficient (Wildman–Crippen LogP) is 1.74. The number of H-pyrrole nitrogens is 1. The molecule has 0 aliphatic heterocycles. The fourth-order valence-corrected chi connectivity index (χ4v) is 1.44. The molecule has 1 aliphatic carbocycles. The minimum atomic E-state index is 0.618. The highest BCUT2D eigenvalue weighted by Crippen LogP contribution is 2.38. The topological polar surface area (TPSA) is 54.5 Å². The number of nitrogens with zero attached hydrogens (tertiary/aromatic N) is 3. The number of rotatable bonds is 2. The van der Waals surface area contributed by atoms with E-state index in [0.717, 1.165) is 17.2 Å². The first kappa shape index (κ1) is 7.67. The maximum atomic E-state index is 4.44. The van der Waals surface area contributed by atoms with E-state index in [-0.39, 0.29) is 0 Å². The van der Waals surface area contributed by atoms with Crippen LogP contribution in [0.4, 0.5) is 0 Å². The Morgan fingerprint density at radius 1 is 1.36 bits per heavy atom. The first-order chi connectivity index (χ1) is 6.93. The van der Waals surface area contributed by atoms with Crippen molar-refractivity contribution in [3.05, 3.63) is 30.4 Å². The summed E-state index contributed by atoms with van der Waals surface area (Å²) in [6.45, 7) is 0. The van der Waals surface area contributed by atoms with Crippen molar-refractivity contribution < 1.29 is 0 Å². The van der Waals surface area contributed by atoms with E-state index in [1.807, 2.05) is 12.1 Å². The lowest BCUT2D eigenvalue weighted by Crippen LogP contribution is -1.82. The molecule has 4 heteroatoms. The average molecular weight is 186 g/mol. The van der Waals surface area contributed by atoms with Gasteiger partial charge in [-0.05, 0) is 25.0 Å². The lowest BCUT2D eigenvalue weighted by atomic mass is 10.3. The maximum Gasteiger partial charge on any atom is 0.182 e. The zero-order chi connectivity index (χ0) is 9.38. The van der Waals surface area contributed by atoms with Crippen molar-refractivity contribution in [2.24, 2.45) is 0 Å². The third-order valence-corrected chi connectivity index (χ3v) is 2.39. The van der Waals surface area contributed by atoms with Gasteiger partial charge in [0.2, 0.25) is 0 Å². The summed E-state index contributed by atoms with van der Waals surface area (Å²) >= 11 is 0. The van der Waals surface area contributed by atoms with Crippen LogP contribution < -0.4 is 0 Å². The van der Waals surface area contributed by atoms with Gasteiger partial charge in [-0.2, -0.15) is 5.10 Å². The molecule has 1 fully saturated rings. The molecule has 2 aromatic heterocycles. The van der Waals surface area contributed by atoms with E-state index < -0.39 is 0 Å². The Labute approximate surface area is 81.4 Å². The second-order valence-corrected chi connectivity index (χ2v) is 3.56.